The Morgan fingerprint density at radius 2 is 2.24 bits per heavy atom. The first kappa shape index (κ1) is 14.4. The Balaban J connectivity index is 1.82. The number of anilines is 1. The lowest BCUT2D eigenvalue weighted by Crippen LogP contribution is -2.43. The Labute approximate surface area is 127 Å². The molecule has 1 aromatic carbocycles. The average molecular weight is 287 g/mol. The first-order chi connectivity index (χ1) is 10.2. The molecule has 1 saturated heterocycles. The van der Waals surface area contributed by atoms with Crippen molar-refractivity contribution in [3.63, 3.8) is 0 Å². The van der Waals surface area contributed by atoms with Gasteiger partial charge in [-0.2, -0.15) is 0 Å². The van der Waals surface area contributed by atoms with Crippen LogP contribution in [0.2, 0.25) is 0 Å². The zero-order valence-electron chi connectivity index (χ0n) is 13.1. The van der Waals surface area contributed by atoms with Crippen molar-refractivity contribution in [1.29, 1.82) is 0 Å². The van der Waals surface area contributed by atoms with Crippen LogP contribution in [0, 0.1) is 0 Å². The monoisotopic (exact) mass is 287 g/mol. The number of fused-ring (bicyclic) bond motifs is 1. The number of likely N-dealkylation sites (N-methyl/N-ethyl adjacent to an activating group) is 1. The minimum absolute atomic E-state index is 0.189. The summed E-state index contributed by atoms with van der Waals surface area (Å²) >= 11 is 0. The van der Waals surface area contributed by atoms with Crippen molar-refractivity contribution >= 4 is 11.6 Å². The fourth-order valence-electron chi connectivity index (χ4n) is 3.45. The van der Waals surface area contributed by atoms with E-state index in [4.69, 9.17) is 0 Å². The Morgan fingerprint density at radius 3 is 3.05 bits per heavy atom. The van der Waals surface area contributed by atoms with E-state index in [2.05, 4.69) is 35.2 Å². The highest BCUT2D eigenvalue weighted by Gasteiger charge is 2.27. The van der Waals surface area contributed by atoms with E-state index in [1.165, 1.54) is 5.56 Å². The molecule has 0 aromatic heterocycles. The van der Waals surface area contributed by atoms with Gasteiger partial charge in [-0.15, -0.1) is 0 Å². The van der Waals surface area contributed by atoms with E-state index in [9.17, 15) is 4.79 Å². The minimum Gasteiger partial charge on any atom is -0.384 e. The second kappa shape index (κ2) is 6.06. The highest BCUT2D eigenvalue weighted by molar-refractivity contribution is 5.95. The molecular weight excluding hydrogens is 262 g/mol. The predicted molar refractivity (Wildman–Crippen MR) is 85.9 cm³/mol. The van der Waals surface area contributed by atoms with E-state index >= 15 is 0 Å². The summed E-state index contributed by atoms with van der Waals surface area (Å²) in [6, 6.07) is 6.46. The lowest BCUT2D eigenvalue weighted by molar-refractivity contribution is 0.0676. The van der Waals surface area contributed by atoms with E-state index < -0.39 is 0 Å². The third kappa shape index (κ3) is 2.91. The van der Waals surface area contributed by atoms with E-state index in [-0.39, 0.29) is 5.91 Å². The first-order valence-corrected chi connectivity index (χ1v) is 8.05. The normalized spacial score (nSPS) is 22.6. The van der Waals surface area contributed by atoms with Crippen LogP contribution in [0.1, 0.15) is 35.7 Å². The molecule has 4 heteroatoms. The van der Waals surface area contributed by atoms with Crippen LogP contribution >= 0.6 is 0 Å². The summed E-state index contributed by atoms with van der Waals surface area (Å²) in [5.41, 5.74) is 3.29. The molecule has 3 rings (SSSR count). The molecule has 0 aliphatic carbocycles. The summed E-state index contributed by atoms with van der Waals surface area (Å²) in [6.07, 6.45) is 3.14. The van der Waals surface area contributed by atoms with Crippen molar-refractivity contribution in [2.75, 3.05) is 38.5 Å². The van der Waals surface area contributed by atoms with Gasteiger partial charge in [0.15, 0.2) is 0 Å². The van der Waals surface area contributed by atoms with Crippen molar-refractivity contribution in [3.8, 4) is 0 Å². The van der Waals surface area contributed by atoms with Crippen molar-refractivity contribution in [2.45, 2.75) is 32.2 Å². The van der Waals surface area contributed by atoms with Crippen molar-refractivity contribution < 1.29 is 4.79 Å². The Kier molecular flexibility index (Phi) is 4.15. The molecule has 2 aliphatic heterocycles. The number of nitrogens with one attached hydrogen (secondary N) is 1. The van der Waals surface area contributed by atoms with Gasteiger partial charge in [0.05, 0.1) is 0 Å². The maximum atomic E-state index is 12.9. The second-order valence-corrected chi connectivity index (χ2v) is 6.23. The molecule has 1 amide bonds. The molecule has 0 spiro atoms. The van der Waals surface area contributed by atoms with E-state index in [1.807, 2.05) is 12.1 Å². The second-order valence-electron chi connectivity index (χ2n) is 6.23. The fraction of sp³-hybridized carbons (Fsp3) is 0.588. The van der Waals surface area contributed by atoms with Crippen LogP contribution in [0.25, 0.3) is 0 Å². The van der Waals surface area contributed by atoms with Gasteiger partial charge in [0, 0.05) is 36.9 Å². The van der Waals surface area contributed by atoms with E-state index in [1.54, 1.807) is 0 Å². The van der Waals surface area contributed by atoms with Crippen LogP contribution in [0.5, 0.6) is 0 Å². The third-order valence-electron chi connectivity index (χ3n) is 4.70. The van der Waals surface area contributed by atoms with Crippen LogP contribution in [0.3, 0.4) is 0 Å². The molecular formula is C17H25N3O. The maximum absolute atomic E-state index is 12.9. The number of hydrogen-bond donors (Lipinski definition) is 1. The summed E-state index contributed by atoms with van der Waals surface area (Å²) in [4.78, 5) is 17.3. The quantitative estimate of drug-likeness (QED) is 0.906. The molecule has 1 fully saturated rings. The molecule has 114 valence electrons. The van der Waals surface area contributed by atoms with Gasteiger partial charge in [0.2, 0.25) is 0 Å². The van der Waals surface area contributed by atoms with Crippen molar-refractivity contribution in [3.05, 3.63) is 29.3 Å². The molecule has 0 saturated carbocycles. The smallest absolute Gasteiger partial charge is 0.254 e. The van der Waals surface area contributed by atoms with Crippen molar-refractivity contribution in [1.82, 2.24) is 9.80 Å². The number of benzene rings is 1. The molecule has 0 radical (unpaired) electrons. The Hall–Kier alpha value is -1.55. The Morgan fingerprint density at radius 1 is 1.38 bits per heavy atom. The molecule has 0 bridgehead atoms. The molecule has 1 atom stereocenters. The molecule has 21 heavy (non-hydrogen) atoms. The van der Waals surface area contributed by atoms with Gasteiger partial charge in [-0.3, -0.25) is 4.79 Å². The summed E-state index contributed by atoms with van der Waals surface area (Å²) < 4.78 is 0. The number of carbonyl (C=O) groups excluding carboxylic acids is 1. The molecule has 1 aromatic rings. The topological polar surface area (TPSA) is 35.6 Å². The fourth-order valence-corrected chi connectivity index (χ4v) is 3.45. The van der Waals surface area contributed by atoms with E-state index in [0.717, 1.165) is 56.7 Å². The highest BCUT2D eigenvalue weighted by atomic mass is 16.2. The SMILES string of the molecule is CCC1CN(C)CCCN1C(=O)c1ccc2c(c1)NCC2. The molecule has 2 aliphatic rings. The van der Waals surface area contributed by atoms with Crippen LogP contribution < -0.4 is 5.32 Å². The van der Waals surface area contributed by atoms with Crippen LogP contribution in [-0.4, -0.2) is 55.0 Å². The van der Waals surface area contributed by atoms with Gasteiger partial charge in [-0.25, -0.2) is 0 Å². The van der Waals surface area contributed by atoms with E-state index in [0.29, 0.717) is 6.04 Å². The maximum Gasteiger partial charge on any atom is 0.254 e. The number of hydrogen-bond acceptors (Lipinski definition) is 3. The summed E-state index contributed by atoms with van der Waals surface area (Å²) in [6.45, 7) is 6.08. The van der Waals surface area contributed by atoms with Gasteiger partial charge in [-0.1, -0.05) is 13.0 Å². The number of rotatable bonds is 2. The van der Waals surface area contributed by atoms with Crippen LogP contribution in [0.15, 0.2) is 18.2 Å². The molecule has 2 heterocycles. The largest absolute Gasteiger partial charge is 0.384 e. The zero-order valence-corrected chi connectivity index (χ0v) is 13.1. The van der Waals surface area contributed by atoms with Crippen LogP contribution in [0.4, 0.5) is 5.69 Å². The first-order valence-electron chi connectivity index (χ1n) is 8.05. The van der Waals surface area contributed by atoms with Crippen molar-refractivity contribution in [2.24, 2.45) is 0 Å². The van der Waals surface area contributed by atoms with Gasteiger partial charge < -0.3 is 15.1 Å². The summed E-state index contributed by atoms with van der Waals surface area (Å²) in [7, 11) is 2.15. The predicted octanol–water partition coefficient (Wildman–Crippen LogP) is 2.21. The lowest BCUT2D eigenvalue weighted by atomic mass is 10.1. The van der Waals surface area contributed by atoms with Gasteiger partial charge in [0.1, 0.15) is 0 Å². The van der Waals surface area contributed by atoms with Crippen LogP contribution in [-0.2, 0) is 6.42 Å². The number of amides is 1. The highest BCUT2D eigenvalue weighted by Crippen LogP contribution is 2.25. The van der Waals surface area contributed by atoms with Gasteiger partial charge in [0.25, 0.3) is 5.91 Å². The molecule has 4 nitrogen and oxygen atoms in total. The molecule has 1 N–H and O–H groups in total. The summed E-state index contributed by atoms with van der Waals surface area (Å²) in [5.74, 6) is 0.189. The lowest BCUT2D eigenvalue weighted by Gasteiger charge is -2.30. The van der Waals surface area contributed by atoms with Gasteiger partial charge in [-0.05, 0) is 50.6 Å². The summed E-state index contributed by atoms with van der Waals surface area (Å²) in [5, 5.41) is 3.36. The molecule has 1 unspecified atom stereocenters. The average Bonchev–Trinajstić information content (AvgIpc) is 2.88. The standard InChI is InChI=1S/C17H25N3O/c1-3-15-12-19(2)9-4-10-20(15)17(21)14-6-5-13-7-8-18-16(13)11-14/h5-6,11,15,18H,3-4,7-10,12H2,1-2H3. The zero-order chi connectivity index (χ0) is 14.8. The van der Waals surface area contributed by atoms with Gasteiger partial charge >= 0.3 is 0 Å². The number of carbonyl (C=O) groups is 1. The number of nitrogens with zero attached hydrogens (tertiary/aromatic N) is 2. The Bertz CT molecular complexity index is 529. The minimum atomic E-state index is 0.189. The third-order valence-corrected chi connectivity index (χ3v) is 4.70.